The van der Waals surface area contributed by atoms with Crippen LogP contribution in [0.2, 0.25) is 0 Å². The molecule has 0 radical (unpaired) electrons. The van der Waals surface area contributed by atoms with Crippen LogP contribution in [0, 0.1) is 0 Å². The Kier molecular flexibility index (Phi) is 6.90. The molecule has 2 atom stereocenters. The van der Waals surface area contributed by atoms with Gasteiger partial charge in [0.05, 0.1) is 24.0 Å². The Bertz CT molecular complexity index is 946. The number of aromatic hydroxyl groups is 2. The lowest BCUT2D eigenvalue weighted by Gasteiger charge is -2.37. The summed E-state index contributed by atoms with van der Waals surface area (Å²) >= 11 is 0. The van der Waals surface area contributed by atoms with Crippen molar-refractivity contribution in [3.05, 3.63) is 35.4 Å². The molecule has 3 aliphatic rings. The fourth-order valence-electron chi connectivity index (χ4n) is 5.70. The Morgan fingerprint density at radius 3 is 2.09 bits per heavy atom. The average Bonchev–Trinajstić information content (AvgIpc) is 3.43. The summed E-state index contributed by atoms with van der Waals surface area (Å²) in [5.41, 5.74) is 2.30. The molecular weight excluding hydrogens is 434 g/mol. The second-order valence-corrected chi connectivity index (χ2v) is 9.97. The number of aromatic nitrogens is 1. The average molecular weight is 472 g/mol. The zero-order chi connectivity index (χ0) is 23.7. The normalized spacial score (nSPS) is 23.9. The molecule has 8 nitrogen and oxygen atoms in total. The van der Waals surface area contributed by atoms with Crippen molar-refractivity contribution in [2.45, 2.75) is 69.8 Å². The van der Waals surface area contributed by atoms with Gasteiger partial charge in [-0.1, -0.05) is 12.1 Å². The van der Waals surface area contributed by atoms with E-state index < -0.39 is 12.2 Å². The number of ether oxygens (including phenoxy) is 1. The van der Waals surface area contributed by atoms with Gasteiger partial charge in [0, 0.05) is 56.7 Å². The largest absolute Gasteiger partial charge is 0.494 e. The highest BCUT2D eigenvalue weighted by molar-refractivity contribution is 5.58. The van der Waals surface area contributed by atoms with Crippen molar-refractivity contribution in [2.75, 3.05) is 37.6 Å². The minimum Gasteiger partial charge on any atom is -0.494 e. The fraction of sp³-hybridized carbons (Fsp3) is 0.615. The molecule has 2 fully saturated rings. The lowest BCUT2D eigenvalue weighted by atomic mass is 9.90. The topological polar surface area (TPSA) is 102 Å². The number of hydrogen-bond donors (Lipinski definition) is 4. The molecule has 4 N–H and O–H groups in total. The molecule has 1 saturated carbocycles. The molecule has 1 aliphatic heterocycles. The van der Waals surface area contributed by atoms with Gasteiger partial charge in [-0.2, -0.15) is 0 Å². The molecule has 34 heavy (non-hydrogen) atoms. The highest BCUT2D eigenvalue weighted by Gasteiger charge is 2.33. The molecule has 2 aromatic rings. The lowest BCUT2D eigenvalue weighted by molar-refractivity contribution is 0.0136. The van der Waals surface area contributed by atoms with E-state index in [1.54, 1.807) is 0 Å². The first-order chi connectivity index (χ1) is 16.5. The first-order valence-corrected chi connectivity index (χ1v) is 12.7. The molecule has 1 aromatic heterocycles. The van der Waals surface area contributed by atoms with E-state index in [2.05, 4.69) is 34.1 Å². The molecule has 0 bridgehead atoms. The van der Waals surface area contributed by atoms with E-state index in [4.69, 9.17) is 4.74 Å². The second kappa shape index (κ2) is 10.1. The summed E-state index contributed by atoms with van der Waals surface area (Å²) in [4.78, 5) is 4.83. The Morgan fingerprint density at radius 1 is 0.824 bits per heavy atom. The number of aliphatic hydroxyl groups is 2. The van der Waals surface area contributed by atoms with E-state index >= 15 is 0 Å². The molecule has 2 heterocycles. The van der Waals surface area contributed by atoms with Crippen LogP contribution in [0.15, 0.2) is 24.3 Å². The van der Waals surface area contributed by atoms with Crippen LogP contribution < -0.4 is 9.64 Å². The SMILES string of the molecule is Oc1c2c(c(O)n1CCCN1CCN(c3ccccc3OC3CCCC3)CC1)CC(O)C(O)C2. The van der Waals surface area contributed by atoms with Gasteiger partial charge in [-0.3, -0.25) is 9.47 Å². The van der Waals surface area contributed by atoms with Crippen molar-refractivity contribution in [1.29, 1.82) is 0 Å². The van der Waals surface area contributed by atoms with Gasteiger partial charge in [-0.05, 0) is 50.8 Å². The van der Waals surface area contributed by atoms with Crippen LogP contribution >= 0.6 is 0 Å². The maximum atomic E-state index is 10.6. The zero-order valence-corrected chi connectivity index (χ0v) is 19.8. The third-order valence-electron chi connectivity index (χ3n) is 7.72. The molecular formula is C26H37N3O5. The first kappa shape index (κ1) is 23.3. The fourth-order valence-corrected chi connectivity index (χ4v) is 5.70. The standard InChI is InChI=1S/C26H37N3O5/c30-22-16-19-20(17-23(22)31)26(33)29(25(19)32)11-5-10-27-12-14-28(15-13-27)21-8-3-4-9-24(21)34-18-6-1-2-7-18/h3-4,8-9,18,22-23,30-33H,1-2,5-7,10-17H2. The number of fused-ring (bicyclic) bond motifs is 1. The molecule has 1 saturated heterocycles. The Labute approximate surface area is 201 Å². The van der Waals surface area contributed by atoms with Gasteiger partial charge in [0.2, 0.25) is 0 Å². The summed E-state index contributed by atoms with van der Waals surface area (Å²) in [7, 11) is 0. The number of nitrogens with zero attached hydrogens (tertiary/aromatic N) is 3. The number of aliphatic hydroxyl groups excluding tert-OH is 2. The van der Waals surface area contributed by atoms with Gasteiger partial charge in [-0.15, -0.1) is 0 Å². The number of hydrogen-bond acceptors (Lipinski definition) is 7. The van der Waals surface area contributed by atoms with Crippen molar-refractivity contribution in [1.82, 2.24) is 9.47 Å². The molecule has 1 aromatic carbocycles. The monoisotopic (exact) mass is 471 g/mol. The number of rotatable bonds is 7. The second-order valence-electron chi connectivity index (χ2n) is 9.97. The summed E-state index contributed by atoms with van der Waals surface area (Å²) < 4.78 is 7.85. The molecule has 2 aliphatic carbocycles. The van der Waals surface area contributed by atoms with Crippen molar-refractivity contribution in [3.63, 3.8) is 0 Å². The molecule has 5 rings (SSSR count). The summed E-state index contributed by atoms with van der Waals surface area (Å²) in [6.07, 6.45) is 4.48. The van der Waals surface area contributed by atoms with Gasteiger partial charge in [-0.25, -0.2) is 0 Å². The minimum atomic E-state index is -0.904. The van der Waals surface area contributed by atoms with Crippen LogP contribution in [-0.4, -0.2) is 80.9 Å². The first-order valence-electron chi connectivity index (χ1n) is 12.7. The highest BCUT2D eigenvalue weighted by Crippen LogP contribution is 2.39. The molecule has 2 unspecified atom stereocenters. The van der Waals surface area contributed by atoms with Gasteiger partial charge in [0.15, 0.2) is 11.8 Å². The van der Waals surface area contributed by atoms with Crippen LogP contribution in [-0.2, 0) is 19.4 Å². The maximum Gasteiger partial charge on any atom is 0.197 e. The van der Waals surface area contributed by atoms with Crippen LogP contribution in [0.3, 0.4) is 0 Å². The predicted molar refractivity (Wildman–Crippen MR) is 130 cm³/mol. The summed E-state index contributed by atoms with van der Waals surface area (Å²) in [5, 5.41) is 41.0. The predicted octanol–water partition coefficient (Wildman–Crippen LogP) is 2.25. The van der Waals surface area contributed by atoms with Crippen LogP contribution in [0.25, 0.3) is 0 Å². The molecule has 186 valence electrons. The van der Waals surface area contributed by atoms with Gasteiger partial charge in [0.25, 0.3) is 0 Å². The zero-order valence-electron chi connectivity index (χ0n) is 19.8. The van der Waals surface area contributed by atoms with Gasteiger partial charge in [0.1, 0.15) is 5.75 Å². The van der Waals surface area contributed by atoms with Crippen molar-refractivity contribution >= 4 is 5.69 Å². The van der Waals surface area contributed by atoms with Gasteiger partial charge < -0.3 is 30.1 Å². The molecule has 0 amide bonds. The van der Waals surface area contributed by atoms with Crippen molar-refractivity contribution in [2.24, 2.45) is 0 Å². The maximum absolute atomic E-state index is 10.6. The number of benzene rings is 1. The van der Waals surface area contributed by atoms with Crippen LogP contribution in [0.1, 0.15) is 43.2 Å². The Morgan fingerprint density at radius 2 is 1.44 bits per heavy atom. The highest BCUT2D eigenvalue weighted by atomic mass is 16.5. The molecule has 0 spiro atoms. The van der Waals surface area contributed by atoms with Crippen LogP contribution in [0.4, 0.5) is 5.69 Å². The van der Waals surface area contributed by atoms with Crippen LogP contribution in [0.5, 0.6) is 17.5 Å². The van der Waals surface area contributed by atoms with E-state index in [9.17, 15) is 20.4 Å². The van der Waals surface area contributed by atoms with Crippen molar-refractivity contribution < 1.29 is 25.2 Å². The number of para-hydroxylation sites is 2. The summed E-state index contributed by atoms with van der Waals surface area (Å²) in [6.45, 7) is 5.16. The summed E-state index contributed by atoms with van der Waals surface area (Å²) in [6, 6.07) is 8.38. The Hall–Kier alpha value is -2.42. The van der Waals surface area contributed by atoms with Gasteiger partial charge >= 0.3 is 0 Å². The van der Waals surface area contributed by atoms with E-state index in [1.165, 1.54) is 23.1 Å². The number of piperazine rings is 1. The van der Waals surface area contributed by atoms with Crippen molar-refractivity contribution in [3.8, 4) is 17.5 Å². The lowest BCUT2D eigenvalue weighted by Crippen LogP contribution is -2.46. The summed E-state index contributed by atoms with van der Waals surface area (Å²) in [5.74, 6) is 1.03. The van der Waals surface area contributed by atoms with E-state index in [1.807, 2.05) is 0 Å². The third kappa shape index (κ3) is 4.72. The number of anilines is 1. The smallest absolute Gasteiger partial charge is 0.197 e. The van der Waals surface area contributed by atoms with E-state index in [0.29, 0.717) is 23.8 Å². The third-order valence-corrected chi connectivity index (χ3v) is 7.72. The quantitative estimate of drug-likeness (QED) is 0.491. The Balaban J connectivity index is 1.13. The molecule has 8 heteroatoms. The van der Waals surface area contributed by atoms with E-state index in [0.717, 1.165) is 57.7 Å². The minimum absolute atomic E-state index is 0.0159. The van der Waals surface area contributed by atoms with E-state index in [-0.39, 0.29) is 24.6 Å².